The molecule has 0 spiro atoms. The van der Waals surface area contributed by atoms with Gasteiger partial charge < -0.3 is 9.47 Å². The van der Waals surface area contributed by atoms with Crippen molar-refractivity contribution in [3.05, 3.63) is 29.8 Å². The van der Waals surface area contributed by atoms with Gasteiger partial charge in [-0.15, -0.1) is 13.2 Å². The number of hydrogen-bond donors (Lipinski definition) is 0. The summed E-state index contributed by atoms with van der Waals surface area (Å²) in [6, 6.07) is 5.56. The number of alkyl halides is 3. The van der Waals surface area contributed by atoms with Crippen LogP contribution in [0.2, 0.25) is 0 Å². The lowest BCUT2D eigenvalue weighted by atomic mass is 10.1. The van der Waals surface area contributed by atoms with Crippen LogP contribution >= 0.6 is 0 Å². The molecule has 0 bridgehead atoms. The molecule has 0 aliphatic carbocycles. The Morgan fingerprint density at radius 3 is 2.35 bits per heavy atom. The van der Waals surface area contributed by atoms with Crippen molar-refractivity contribution in [3.63, 3.8) is 0 Å². The summed E-state index contributed by atoms with van der Waals surface area (Å²) in [4.78, 5) is 9.72. The third kappa shape index (κ3) is 5.79. The first-order valence-electron chi connectivity index (χ1n) is 4.85. The molecule has 0 amide bonds. The van der Waals surface area contributed by atoms with Crippen molar-refractivity contribution in [3.8, 4) is 5.75 Å². The Kier molecular flexibility index (Phi) is 4.81. The SMILES string of the molecule is O=[C]OCCCc1ccc(OC(F)(F)F)cc1. The molecular formula is C11H10F3O3. The molecule has 0 atom stereocenters. The van der Waals surface area contributed by atoms with Crippen molar-refractivity contribution in [2.24, 2.45) is 0 Å². The lowest BCUT2D eigenvalue weighted by Gasteiger charge is -2.09. The number of benzene rings is 1. The van der Waals surface area contributed by atoms with E-state index in [0.717, 1.165) is 5.56 Å². The Morgan fingerprint density at radius 1 is 1.18 bits per heavy atom. The Morgan fingerprint density at radius 2 is 1.82 bits per heavy atom. The zero-order valence-electron chi connectivity index (χ0n) is 8.79. The number of halogens is 3. The molecule has 0 aliphatic heterocycles. The van der Waals surface area contributed by atoms with Crippen LogP contribution in [-0.2, 0) is 16.0 Å². The fourth-order valence-electron chi connectivity index (χ4n) is 1.25. The maximum atomic E-state index is 11.9. The van der Waals surface area contributed by atoms with Crippen molar-refractivity contribution < 1.29 is 27.4 Å². The highest BCUT2D eigenvalue weighted by atomic mass is 19.4. The van der Waals surface area contributed by atoms with Crippen molar-refractivity contribution >= 4 is 6.47 Å². The highest BCUT2D eigenvalue weighted by Crippen LogP contribution is 2.22. The molecule has 6 heteroatoms. The first-order chi connectivity index (χ1) is 8.01. The number of ether oxygens (including phenoxy) is 2. The lowest BCUT2D eigenvalue weighted by Crippen LogP contribution is -2.17. The third-order valence-electron chi connectivity index (χ3n) is 1.93. The van der Waals surface area contributed by atoms with E-state index in [1.807, 2.05) is 0 Å². The molecule has 1 radical (unpaired) electrons. The Labute approximate surface area is 96.1 Å². The van der Waals surface area contributed by atoms with Crippen LogP contribution in [0.15, 0.2) is 24.3 Å². The van der Waals surface area contributed by atoms with Gasteiger partial charge in [-0.3, -0.25) is 0 Å². The molecule has 0 saturated carbocycles. The summed E-state index contributed by atoms with van der Waals surface area (Å²) in [6.07, 6.45) is -3.47. The first kappa shape index (κ1) is 13.3. The smallest absolute Gasteiger partial charge is 0.457 e. The van der Waals surface area contributed by atoms with Gasteiger partial charge in [0, 0.05) is 0 Å². The van der Waals surface area contributed by atoms with Crippen molar-refractivity contribution in [2.45, 2.75) is 19.2 Å². The van der Waals surface area contributed by atoms with Gasteiger partial charge in [-0.25, -0.2) is 4.79 Å². The molecule has 0 unspecified atom stereocenters. The van der Waals surface area contributed by atoms with E-state index in [2.05, 4.69) is 9.47 Å². The number of rotatable bonds is 6. The molecule has 0 heterocycles. The van der Waals surface area contributed by atoms with Crippen LogP contribution in [0.4, 0.5) is 13.2 Å². The van der Waals surface area contributed by atoms with Gasteiger partial charge >= 0.3 is 12.8 Å². The van der Waals surface area contributed by atoms with Crippen LogP contribution in [0.5, 0.6) is 5.75 Å². The summed E-state index contributed by atoms with van der Waals surface area (Å²) in [5.41, 5.74) is 0.842. The van der Waals surface area contributed by atoms with Gasteiger partial charge in [0.05, 0.1) is 6.61 Å². The average molecular weight is 247 g/mol. The van der Waals surface area contributed by atoms with Crippen LogP contribution in [0.1, 0.15) is 12.0 Å². The van der Waals surface area contributed by atoms with Gasteiger partial charge in [0.25, 0.3) is 0 Å². The molecular weight excluding hydrogens is 237 g/mol. The second-order valence-electron chi connectivity index (χ2n) is 3.23. The molecule has 1 aromatic rings. The van der Waals surface area contributed by atoms with Crippen molar-refractivity contribution in [1.82, 2.24) is 0 Å². The normalized spacial score (nSPS) is 11.0. The third-order valence-corrected chi connectivity index (χ3v) is 1.93. The topological polar surface area (TPSA) is 35.5 Å². The van der Waals surface area contributed by atoms with E-state index in [-0.39, 0.29) is 12.4 Å². The first-order valence-corrected chi connectivity index (χ1v) is 4.85. The van der Waals surface area contributed by atoms with Crippen LogP contribution in [0.3, 0.4) is 0 Å². The maximum absolute atomic E-state index is 11.9. The zero-order chi connectivity index (χ0) is 12.7. The predicted octanol–water partition coefficient (Wildman–Crippen LogP) is 2.60. The summed E-state index contributed by atoms with van der Waals surface area (Å²) in [5, 5.41) is 0. The molecule has 0 aromatic heterocycles. The van der Waals surface area contributed by atoms with Gasteiger partial charge in [-0.05, 0) is 30.5 Å². The average Bonchev–Trinajstić information content (AvgIpc) is 2.25. The summed E-state index contributed by atoms with van der Waals surface area (Å²) >= 11 is 0. The summed E-state index contributed by atoms with van der Waals surface area (Å²) in [5.74, 6) is -0.251. The summed E-state index contributed by atoms with van der Waals surface area (Å²) in [7, 11) is 0. The maximum Gasteiger partial charge on any atom is 0.573 e. The molecule has 3 nitrogen and oxygen atoms in total. The van der Waals surface area contributed by atoms with E-state index in [9.17, 15) is 18.0 Å². The van der Waals surface area contributed by atoms with E-state index in [4.69, 9.17) is 0 Å². The Balaban J connectivity index is 2.42. The molecule has 0 N–H and O–H groups in total. The standard InChI is InChI=1S/C11H10F3O3/c12-11(13,14)17-10-5-3-9(4-6-10)2-1-7-16-8-15/h3-6H,1-2,7H2. The molecule has 93 valence electrons. The van der Waals surface area contributed by atoms with Gasteiger partial charge in [0.2, 0.25) is 0 Å². The number of carbonyl (C=O) groups excluding carboxylic acids is 1. The van der Waals surface area contributed by atoms with E-state index < -0.39 is 6.36 Å². The molecule has 1 aromatic carbocycles. The van der Waals surface area contributed by atoms with E-state index in [1.165, 1.54) is 30.7 Å². The monoisotopic (exact) mass is 247 g/mol. The fourth-order valence-corrected chi connectivity index (χ4v) is 1.25. The van der Waals surface area contributed by atoms with Crippen LogP contribution in [0, 0.1) is 0 Å². The Bertz CT molecular complexity index is 346. The minimum atomic E-state index is -4.67. The fraction of sp³-hybridized carbons (Fsp3) is 0.364. The molecule has 0 fully saturated rings. The van der Waals surface area contributed by atoms with Gasteiger partial charge in [0.15, 0.2) is 0 Å². The molecule has 1 rings (SSSR count). The highest BCUT2D eigenvalue weighted by Gasteiger charge is 2.30. The van der Waals surface area contributed by atoms with Gasteiger partial charge in [-0.1, -0.05) is 12.1 Å². The van der Waals surface area contributed by atoms with Crippen LogP contribution in [-0.4, -0.2) is 19.4 Å². The van der Waals surface area contributed by atoms with E-state index >= 15 is 0 Å². The molecule has 0 saturated heterocycles. The van der Waals surface area contributed by atoms with Crippen LogP contribution in [0.25, 0.3) is 0 Å². The summed E-state index contributed by atoms with van der Waals surface area (Å²) < 4.78 is 43.7. The highest BCUT2D eigenvalue weighted by molar-refractivity contribution is 5.38. The minimum absolute atomic E-state index is 0.240. The second-order valence-corrected chi connectivity index (χ2v) is 3.23. The number of hydrogen-bond acceptors (Lipinski definition) is 3. The lowest BCUT2D eigenvalue weighted by molar-refractivity contribution is -0.274. The predicted molar refractivity (Wildman–Crippen MR) is 53.1 cm³/mol. The van der Waals surface area contributed by atoms with E-state index in [1.54, 1.807) is 0 Å². The molecule has 0 aliphatic rings. The summed E-state index contributed by atoms with van der Waals surface area (Å²) in [6.45, 7) is 1.53. The quantitative estimate of drug-likeness (QED) is 0.725. The molecule has 17 heavy (non-hydrogen) atoms. The van der Waals surface area contributed by atoms with Crippen molar-refractivity contribution in [2.75, 3.05) is 6.61 Å². The van der Waals surface area contributed by atoms with Crippen molar-refractivity contribution in [1.29, 1.82) is 0 Å². The number of aryl methyl sites for hydroxylation is 1. The van der Waals surface area contributed by atoms with Gasteiger partial charge in [-0.2, -0.15) is 0 Å². The van der Waals surface area contributed by atoms with E-state index in [0.29, 0.717) is 12.8 Å². The van der Waals surface area contributed by atoms with Gasteiger partial charge in [0.1, 0.15) is 5.75 Å². The van der Waals surface area contributed by atoms with Crippen LogP contribution < -0.4 is 4.74 Å². The second kappa shape index (κ2) is 6.12. The largest absolute Gasteiger partial charge is 0.573 e. The minimum Gasteiger partial charge on any atom is -0.457 e. The zero-order valence-corrected chi connectivity index (χ0v) is 8.79. The Hall–Kier alpha value is -1.72.